The molecule has 1 atom stereocenters. The molecule has 0 aliphatic carbocycles. The molecule has 0 aliphatic rings. The number of carboxylic acids is 1. The third kappa shape index (κ3) is 14.5. The van der Waals surface area contributed by atoms with Gasteiger partial charge in [0.05, 0.1) is 0 Å². The van der Waals surface area contributed by atoms with Crippen molar-refractivity contribution in [1.82, 2.24) is 5.32 Å². The second-order valence-electron chi connectivity index (χ2n) is 10.5. The van der Waals surface area contributed by atoms with E-state index in [0.29, 0.717) is 6.42 Å². The Kier molecular flexibility index (Phi) is 16.3. The van der Waals surface area contributed by atoms with Crippen molar-refractivity contribution in [2.24, 2.45) is 5.92 Å². The summed E-state index contributed by atoms with van der Waals surface area (Å²) in [5, 5.41) is 15.1. The van der Waals surface area contributed by atoms with Crippen LogP contribution in [-0.2, 0) is 27.3 Å². The predicted octanol–water partition coefficient (Wildman–Crippen LogP) is 7.67. The number of hydrogen-bond donors (Lipinski definition) is 3. The fraction of sp³-hybridized carbons (Fsp3) is 0.545. The average Bonchev–Trinajstić information content (AvgIpc) is 2.94. The molecule has 0 spiro atoms. The molecule has 0 aromatic heterocycles. The molecule has 2 aromatic carbocycles. The van der Waals surface area contributed by atoms with E-state index in [-0.39, 0.29) is 18.9 Å². The molecule has 214 valence electrons. The highest BCUT2D eigenvalue weighted by molar-refractivity contribution is 5.97. The summed E-state index contributed by atoms with van der Waals surface area (Å²) in [6.45, 7) is 2.48. The molecule has 0 radical (unpaired) electrons. The van der Waals surface area contributed by atoms with Crippen molar-refractivity contribution in [2.75, 3.05) is 5.32 Å². The van der Waals surface area contributed by atoms with Crippen LogP contribution >= 0.6 is 0 Å². The van der Waals surface area contributed by atoms with Crippen molar-refractivity contribution in [3.05, 3.63) is 65.7 Å². The summed E-state index contributed by atoms with van der Waals surface area (Å²) in [7, 11) is 0. The summed E-state index contributed by atoms with van der Waals surface area (Å²) in [6.07, 6.45) is 17.3. The van der Waals surface area contributed by atoms with E-state index in [9.17, 15) is 19.5 Å². The first-order valence-corrected chi connectivity index (χ1v) is 14.9. The van der Waals surface area contributed by atoms with Crippen LogP contribution in [-0.4, -0.2) is 22.9 Å². The van der Waals surface area contributed by atoms with Gasteiger partial charge >= 0.3 is 5.97 Å². The topological polar surface area (TPSA) is 95.5 Å². The molecule has 6 nitrogen and oxygen atoms in total. The van der Waals surface area contributed by atoms with Gasteiger partial charge in [0.25, 0.3) is 0 Å². The molecule has 6 heteroatoms. The molecule has 0 heterocycles. The Labute approximate surface area is 235 Å². The van der Waals surface area contributed by atoms with E-state index in [2.05, 4.69) is 17.6 Å². The van der Waals surface area contributed by atoms with Crippen LogP contribution in [0.1, 0.15) is 108 Å². The Hall–Kier alpha value is -3.15. The Bertz CT molecular complexity index is 959. The Balaban J connectivity index is 1.56. The van der Waals surface area contributed by atoms with E-state index in [1.165, 1.54) is 70.6 Å². The smallest absolute Gasteiger partial charge is 0.316 e. The molecular weight excluding hydrogens is 488 g/mol. The van der Waals surface area contributed by atoms with Crippen molar-refractivity contribution in [1.29, 1.82) is 0 Å². The van der Waals surface area contributed by atoms with Gasteiger partial charge in [-0.1, -0.05) is 126 Å². The summed E-state index contributed by atoms with van der Waals surface area (Å²) < 4.78 is 0. The fourth-order valence-electron chi connectivity index (χ4n) is 4.69. The molecule has 0 aliphatic heterocycles. The number of hydrogen-bond acceptors (Lipinski definition) is 3. The number of rotatable bonds is 21. The number of carbonyl (C=O) groups excluding carboxylic acids is 2. The highest BCUT2D eigenvalue weighted by Crippen LogP contribution is 2.15. The third-order valence-electron chi connectivity index (χ3n) is 7.11. The second kappa shape index (κ2) is 19.9. The van der Waals surface area contributed by atoms with E-state index < -0.39 is 17.8 Å². The highest BCUT2D eigenvalue weighted by atomic mass is 16.4. The first kappa shape index (κ1) is 32.1. The van der Waals surface area contributed by atoms with E-state index in [1.54, 1.807) is 0 Å². The zero-order chi connectivity index (χ0) is 28.1. The predicted molar refractivity (Wildman–Crippen MR) is 159 cm³/mol. The second-order valence-corrected chi connectivity index (χ2v) is 10.5. The maximum atomic E-state index is 12.5. The number of amides is 2. The Morgan fingerprint density at radius 1 is 0.692 bits per heavy atom. The van der Waals surface area contributed by atoms with E-state index in [0.717, 1.165) is 29.7 Å². The normalized spacial score (nSPS) is 11.6. The van der Waals surface area contributed by atoms with E-state index in [4.69, 9.17) is 0 Å². The number of carbonyl (C=O) groups is 3. The van der Waals surface area contributed by atoms with Crippen LogP contribution in [0.5, 0.6) is 0 Å². The molecule has 0 bridgehead atoms. The lowest BCUT2D eigenvalue weighted by Crippen LogP contribution is -2.36. The molecular formula is C33H48N2O4. The van der Waals surface area contributed by atoms with Crippen LogP contribution in [0.2, 0.25) is 0 Å². The molecule has 2 aromatic rings. The lowest BCUT2D eigenvalue weighted by molar-refractivity contribution is -0.147. The first-order chi connectivity index (χ1) is 19.0. The molecule has 3 N–H and O–H groups in total. The molecule has 0 fully saturated rings. The Morgan fingerprint density at radius 3 is 1.77 bits per heavy atom. The van der Waals surface area contributed by atoms with Crippen LogP contribution in [0.4, 0.5) is 5.69 Å². The first-order valence-electron chi connectivity index (χ1n) is 14.9. The van der Waals surface area contributed by atoms with Gasteiger partial charge < -0.3 is 15.7 Å². The van der Waals surface area contributed by atoms with Gasteiger partial charge in [0.15, 0.2) is 0 Å². The highest BCUT2D eigenvalue weighted by Gasteiger charge is 2.26. The summed E-state index contributed by atoms with van der Waals surface area (Å²) in [6, 6.07) is 16.4. The molecule has 0 saturated carbocycles. The van der Waals surface area contributed by atoms with Crippen molar-refractivity contribution in [2.45, 2.75) is 110 Å². The van der Waals surface area contributed by atoms with Crippen LogP contribution in [0.3, 0.4) is 0 Å². The van der Waals surface area contributed by atoms with E-state index in [1.807, 2.05) is 54.6 Å². The lowest BCUT2D eigenvalue weighted by atomic mass is 9.98. The zero-order valence-corrected chi connectivity index (χ0v) is 23.8. The van der Waals surface area contributed by atoms with E-state index >= 15 is 0 Å². The standard InChI is InChI=1S/C33H48N2O4/c1-2-3-4-5-6-7-8-9-10-11-12-13-17-20-31(36)35-29-23-21-28(22-24-29)26-34-32(37)30(33(38)39)25-27-18-15-14-16-19-27/h14-16,18-19,21-24,30H,2-13,17,20,25-26H2,1H3,(H,34,37)(H,35,36)(H,38,39). The minimum absolute atomic E-state index is 0.0179. The van der Waals surface area contributed by atoms with Gasteiger partial charge in [-0.2, -0.15) is 0 Å². The van der Waals surface area contributed by atoms with Crippen LogP contribution in [0, 0.1) is 5.92 Å². The number of nitrogens with one attached hydrogen (secondary N) is 2. The largest absolute Gasteiger partial charge is 0.481 e. The monoisotopic (exact) mass is 536 g/mol. The molecule has 39 heavy (non-hydrogen) atoms. The summed E-state index contributed by atoms with van der Waals surface area (Å²) in [5.41, 5.74) is 2.36. The maximum Gasteiger partial charge on any atom is 0.316 e. The van der Waals surface area contributed by atoms with Crippen LogP contribution < -0.4 is 10.6 Å². The summed E-state index contributed by atoms with van der Waals surface area (Å²) in [4.78, 5) is 36.4. The number of unbranched alkanes of at least 4 members (excludes halogenated alkanes) is 12. The minimum Gasteiger partial charge on any atom is -0.481 e. The third-order valence-corrected chi connectivity index (χ3v) is 7.11. The zero-order valence-electron chi connectivity index (χ0n) is 23.8. The minimum atomic E-state index is -1.14. The number of aliphatic carboxylic acids is 1. The number of anilines is 1. The average molecular weight is 537 g/mol. The molecule has 2 rings (SSSR count). The molecule has 0 saturated heterocycles. The quantitative estimate of drug-likeness (QED) is 0.113. The number of benzene rings is 2. The lowest BCUT2D eigenvalue weighted by Gasteiger charge is -2.13. The van der Waals surface area contributed by atoms with Crippen molar-refractivity contribution in [3.8, 4) is 0 Å². The number of carboxylic acid groups (broad SMARTS) is 1. The van der Waals surface area contributed by atoms with Gasteiger partial charge in [-0.3, -0.25) is 14.4 Å². The van der Waals surface area contributed by atoms with Crippen molar-refractivity contribution >= 4 is 23.5 Å². The Morgan fingerprint density at radius 2 is 1.23 bits per heavy atom. The van der Waals surface area contributed by atoms with Crippen LogP contribution in [0.15, 0.2) is 54.6 Å². The van der Waals surface area contributed by atoms with Gasteiger partial charge in [-0.25, -0.2) is 0 Å². The maximum absolute atomic E-state index is 12.5. The fourth-order valence-corrected chi connectivity index (χ4v) is 4.69. The van der Waals surface area contributed by atoms with Gasteiger partial charge in [-0.05, 0) is 36.1 Å². The van der Waals surface area contributed by atoms with Crippen molar-refractivity contribution in [3.63, 3.8) is 0 Å². The van der Waals surface area contributed by atoms with Gasteiger partial charge in [0, 0.05) is 18.7 Å². The summed E-state index contributed by atoms with van der Waals surface area (Å²) >= 11 is 0. The summed E-state index contributed by atoms with van der Waals surface area (Å²) in [5.74, 6) is -2.78. The van der Waals surface area contributed by atoms with Gasteiger partial charge in [0.1, 0.15) is 5.92 Å². The molecule has 2 amide bonds. The molecule has 1 unspecified atom stereocenters. The van der Waals surface area contributed by atoms with Gasteiger partial charge in [0.2, 0.25) is 11.8 Å². The van der Waals surface area contributed by atoms with Crippen molar-refractivity contribution < 1.29 is 19.5 Å². The SMILES string of the molecule is CCCCCCCCCCCCCCCC(=O)Nc1ccc(CNC(=O)C(Cc2ccccc2)C(=O)O)cc1. The van der Waals surface area contributed by atoms with Gasteiger partial charge in [-0.15, -0.1) is 0 Å². The van der Waals surface area contributed by atoms with Crippen LogP contribution in [0.25, 0.3) is 0 Å².